The Balaban J connectivity index is 2.00. The molecule has 0 amide bonds. The van der Waals surface area contributed by atoms with Crippen molar-refractivity contribution in [3.63, 3.8) is 0 Å². The Bertz CT molecular complexity index is 826. The van der Waals surface area contributed by atoms with E-state index in [1.807, 2.05) is 0 Å². The molecule has 0 bridgehead atoms. The minimum absolute atomic E-state index is 0.0288. The number of hydrogen-bond acceptors (Lipinski definition) is 7. The first kappa shape index (κ1) is 19.3. The molecule has 2 N–H and O–H groups in total. The van der Waals surface area contributed by atoms with Gasteiger partial charge in [-0.15, -0.1) is 11.3 Å². The maximum absolute atomic E-state index is 12.3. The van der Waals surface area contributed by atoms with Gasteiger partial charge in [0.1, 0.15) is 9.58 Å². The molecule has 8 heteroatoms. The van der Waals surface area contributed by atoms with Crippen LogP contribution in [0.2, 0.25) is 0 Å². The second-order valence-corrected chi connectivity index (χ2v) is 8.76. The first-order valence-corrected chi connectivity index (χ1v) is 9.99. The second kappa shape index (κ2) is 8.37. The van der Waals surface area contributed by atoms with Gasteiger partial charge in [0.05, 0.1) is 13.5 Å². The molecule has 0 spiro atoms. The number of ketones is 1. The first-order chi connectivity index (χ1) is 11.8. The molecule has 1 atom stereocenters. The summed E-state index contributed by atoms with van der Waals surface area (Å²) in [4.78, 5) is 23.1. The Morgan fingerprint density at radius 3 is 2.40 bits per heavy atom. The maximum atomic E-state index is 12.3. The molecule has 1 unspecified atom stereocenters. The summed E-state index contributed by atoms with van der Waals surface area (Å²) in [5, 5.41) is 0.640. The summed E-state index contributed by atoms with van der Waals surface area (Å²) in [6.45, 7) is 0. The molecule has 0 radical (unpaired) electrons. The number of rotatable bonds is 8. The molecule has 2 aromatic rings. The van der Waals surface area contributed by atoms with Gasteiger partial charge in [0.15, 0.2) is 5.78 Å². The average Bonchev–Trinajstić information content (AvgIpc) is 3.15. The summed E-state index contributed by atoms with van der Waals surface area (Å²) in [5.74, 6) is -0.609. The SMILES string of the molecule is COC(=O)CCC(=O)c1ccc(CC(N)S(=O)(=O)c2cccs2)cc1. The number of sulfone groups is 1. The molecular weight excluding hydrogens is 362 g/mol. The molecule has 25 heavy (non-hydrogen) atoms. The standard InChI is InChI=1S/C17H19NO5S2/c1-23-16(20)9-8-14(19)13-6-4-12(5-7-13)11-15(18)25(21,22)17-3-2-10-24-17/h2-7,10,15H,8-9,11,18H2,1H3. The zero-order chi connectivity index (χ0) is 18.4. The number of carbonyl (C=O) groups is 2. The number of ether oxygens (including phenoxy) is 1. The molecule has 1 aromatic carbocycles. The van der Waals surface area contributed by atoms with E-state index in [0.29, 0.717) is 5.56 Å². The summed E-state index contributed by atoms with van der Waals surface area (Å²) >= 11 is 1.13. The molecule has 2 rings (SSSR count). The van der Waals surface area contributed by atoms with E-state index in [1.165, 1.54) is 13.2 Å². The zero-order valence-electron chi connectivity index (χ0n) is 13.7. The van der Waals surface area contributed by atoms with Crippen LogP contribution in [0.3, 0.4) is 0 Å². The zero-order valence-corrected chi connectivity index (χ0v) is 15.3. The number of nitrogens with two attached hydrogens (primary N) is 1. The van der Waals surface area contributed by atoms with Crippen LogP contribution in [-0.2, 0) is 25.8 Å². The molecule has 1 heterocycles. The lowest BCUT2D eigenvalue weighted by atomic mass is 10.0. The van der Waals surface area contributed by atoms with Gasteiger partial charge in [-0.25, -0.2) is 8.42 Å². The highest BCUT2D eigenvalue weighted by molar-refractivity contribution is 7.94. The Morgan fingerprint density at radius 1 is 1.16 bits per heavy atom. The van der Waals surface area contributed by atoms with Crippen molar-refractivity contribution >= 4 is 32.9 Å². The van der Waals surface area contributed by atoms with Crippen molar-refractivity contribution in [1.82, 2.24) is 0 Å². The largest absolute Gasteiger partial charge is 0.469 e. The fourth-order valence-electron chi connectivity index (χ4n) is 2.21. The predicted molar refractivity (Wildman–Crippen MR) is 95.2 cm³/mol. The van der Waals surface area contributed by atoms with E-state index < -0.39 is 21.2 Å². The van der Waals surface area contributed by atoms with Crippen LogP contribution in [0.1, 0.15) is 28.8 Å². The molecule has 0 aliphatic rings. The Kier molecular flexibility index (Phi) is 6.46. The van der Waals surface area contributed by atoms with Crippen LogP contribution in [0, 0.1) is 0 Å². The van der Waals surface area contributed by atoms with Gasteiger partial charge in [0.2, 0.25) is 9.84 Å². The number of thiophene rings is 1. The first-order valence-electron chi connectivity index (χ1n) is 7.56. The third-order valence-electron chi connectivity index (χ3n) is 3.67. The molecule has 1 aromatic heterocycles. The Hall–Kier alpha value is -2.03. The van der Waals surface area contributed by atoms with Gasteiger partial charge in [0.25, 0.3) is 0 Å². The topological polar surface area (TPSA) is 104 Å². The van der Waals surface area contributed by atoms with Gasteiger partial charge in [-0.2, -0.15) is 0 Å². The normalized spacial score (nSPS) is 12.6. The van der Waals surface area contributed by atoms with Gasteiger partial charge in [0, 0.05) is 18.4 Å². The van der Waals surface area contributed by atoms with Crippen molar-refractivity contribution in [2.75, 3.05) is 7.11 Å². The summed E-state index contributed by atoms with van der Waals surface area (Å²) in [7, 11) is -2.29. The van der Waals surface area contributed by atoms with Crippen molar-refractivity contribution < 1.29 is 22.7 Å². The number of Topliss-reactive ketones (excluding diaryl/α,β-unsaturated/α-hetero) is 1. The van der Waals surface area contributed by atoms with Crippen LogP contribution in [-0.4, -0.2) is 32.7 Å². The van der Waals surface area contributed by atoms with Crippen LogP contribution in [0.25, 0.3) is 0 Å². The van der Waals surface area contributed by atoms with Gasteiger partial charge < -0.3 is 10.5 Å². The Labute approximate surface area is 150 Å². The number of hydrogen-bond donors (Lipinski definition) is 1. The van der Waals surface area contributed by atoms with E-state index in [0.717, 1.165) is 16.9 Å². The molecule has 0 fully saturated rings. The van der Waals surface area contributed by atoms with Crippen LogP contribution in [0.15, 0.2) is 46.0 Å². The third kappa shape index (κ3) is 4.97. The van der Waals surface area contributed by atoms with Gasteiger partial charge in [-0.3, -0.25) is 9.59 Å². The van der Waals surface area contributed by atoms with Gasteiger partial charge >= 0.3 is 5.97 Å². The molecular formula is C17H19NO5S2. The van der Waals surface area contributed by atoms with Gasteiger partial charge in [-0.1, -0.05) is 30.3 Å². The second-order valence-electron chi connectivity index (χ2n) is 5.42. The molecule has 0 aliphatic heterocycles. The van der Waals surface area contributed by atoms with E-state index in [2.05, 4.69) is 4.74 Å². The van der Waals surface area contributed by atoms with Crippen LogP contribution < -0.4 is 5.73 Å². The highest BCUT2D eigenvalue weighted by atomic mass is 32.2. The molecule has 0 saturated heterocycles. The van der Waals surface area contributed by atoms with E-state index in [9.17, 15) is 18.0 Å². The predicted octanol–water partition coefficient (Wildman–Crippen LogP) is 2.19. The molecule has 134 valence electrons. The van der Waals surface area contributed by atoms with E-state index in [1.54, 1.807) is 35.7 Å². The lowest BCUT2D eigenvalue weighted by molar-refractivity contribution is -0.140. The lowest BCUT2D eigenvalue weighted by Gasteiger charge is -2.12. The fourth-order valence-corrected chi connectivity index (χ4v) is 4.71. The van der Waals surface area contributed by atoms with E-state index >= 15 is 0 Å². The summed E-state index contributed by atoms with van der Waals surface area (Å²) in [6, 6.07) is 9.77. The van der Waals surface area contributed by atoms with Crippen LogP contribution in [0.4, 0.5) is 0 Å². The van der Waals surface area contributed by atoms with Crippen LogP contribution in [0.5, 0.6) is 0 Å². The third-order valence-corrected chi connectivity index (χ3v) is 6.98. The van der Waals surface area contributed by atoms with Crippen molar-refractivity contribution in [2.24, 2.45) is 5.73 Å². The van der Waals surface area contributed by atoms with Crippen molar-refractivity contribution in [1.29, 1.82) is 0 Å². The van der Waals surface area contributed by atoms with Crippen molar-refractivity contribution in [3.8, 4) is 0 Å². The minimum atomic E-state index is -3.56. The molecule has 6 nitrogen and oxygen atoms in total. The quantitative estimate of drug-likeness (QED) is 0.555. The van der Waals surface area contributed by atoms with E-state index in [4.69, 9.17) is 5.73 Å². The van der Waals surface area contributed by atoms with Gasteiger partial charge in [-0.05, 0) is 17.0 Å². The minimum Gasteiger partial charge on any atom is -0.469 e. The average molecular weight is 381 g/mol. The molecule has 0 saturated carbocycles. The summed E-state index contributed by atoms with van der Waals surface area (Å²) < 4.78 is 29.4. The highest BCUT2D eigenvalue weighted by Gasteiger charge is 2.25. The van der Waals surface area contributed by atoms with Crippen molar-refractivity contribution in [2.45, 2.75) is 28.8 Å². The van der Waals surface area contributed by atoms with Crippen molar-refractivity contribution in [3.05, 3.63) is 52.9 Å². The Morgan fingerprint density at radius 2 is 1.84 bits per heavy atom. The monoisotopic (exact) mass is 381 g/mol. The highest BCUT2D eigenvalue weighted by Crippen LogP contribution is 2.21. The van der Waals surface area contributed by atoms with E-state index in [-0.39, 0.29) is 29.3 Å². The van der Waals surface area contributed by atoms with Crippen LogP contribution >= 0.6 is 11.3 Å². The number of esters is 1. The number of methoxy groups -OCH3 is 1. The number of benzene rings is 1. The summed E-state index contributed by atoms with van der Waals surface area (Å²) in [5.41, 5.74) is 7.05. The fraction of sp³-hybridized carbons (Fsp3) is 0.294. The smallest absolute Gasteiger partial charge is 0.305 e. The summed E-state index contributed by atoms with van der Waals surface area (Å²) in [6.07, 6.45) is 0.246. The lowest BCUT2D eigenvalue weighted by Crippen LogP contribution is -2.32. The maximum Gasteiger partial charge on any atom is 0.305 e. The number of carbonyl (C=O) groups excluding carboxylic acids is 2. The molecule has 0 aliphatic carbocycles.